The maximum absolute atomic E-state index is 15.2. The highest BCUT2D eigenvalue weighted by atomic mass is 35.5. The molecule has 1 saturated carbocycles. The highest BCUT2D eigenvalue weighted by Crippen LogP contribution is 2.40. The van der Waals surface area contributed by atoms with Gasteiger partial charge in [-0.1, -0.05) is 30.5 Å². The summed E-state index contributed by atoms with van der Waals surface area (Å²) in [6, 6.07) is 9.58. The van der Waals surface area contributed by atoms with Gasteiger partial charge in [0.05, 0.1) is 28.6 Å². The molecular weight excluding hydrogens is 540 g/mol. The Bertz CT molecular complexity index is 1690. The van der Waals surface area contributed by atoms with Crippen molar-refractivity contribution in [3.05, 3.63) is 83.8 Å². The summed E-state index contributed by atoms with van der Waals surface area (Å²) < 4.78 is 33.1. The molecule has 40 heavy (non-hydrogen) atoms. The van der Waals surface area contributed by atoms with E-state index in [4.69, 9.17) is 11.6 Å². The van der Waals surface area contributed by atoms with E-state index in [0.717, 1.165) is 25.0 Å². The zero-order valence-electron chi connectivity index (χ0n) is 21.2. The Labute approximate surface area is 232 Å². The van der Waals surface area contributed by atoms with Crippen LogP contribution in [0, 0.1) is 17.7 Å². The standard InChI is InChI=1S/C27H22ClF2N9O/c1-15(40)34-24-9-5-19(27(30)35-24)18-12-33-38(13-18)23(10-16-2-3-16)21-7-4-17(11-31-21)25-22(39-14-32-36-37-39)8-6-20(28)26(25)29/h4-9,11-14,16,23H,2-3,10H2,1H3,(H,34,35,40). The molecule has 10 nitrogen and oxygen atoms in total. The molecule has 4 heterocycles. The number of carbonyl (C=O) groups excluding carboxylic acids is 1. The minimum absolute atomic E-state index is 0.0292. The topological polar surface area (TPSA) is 116 Å². The van der Waals surface area contributed by atoms with Gasteiger partial charge in [-0.15, -0.1) is 5.10 Å². The molecule has 1 atom stereocenters. The SMILES string of the molecule is CC(=O)Nc1ccc(-c2cnn(C(CC3CC3)c3ccc(-c4c(-n5cnnn5)ccc(Cl)c4F)cn3)c2)c(F)n1. The summed E-state index contributed by atoms with van der Waals surface area (Å²) >= 11 is 6.10. The van der Waals surface area contributed by atoms with E-state index in [0.29, 0.717) is 22.7 Å². The highest BCUT2D eigenvalue weighted by Gasteiger charge is 2.29. The number of anilines is 1. The van der Waals surface area contributed by atoms with Crippen molar-refractivity contribution in [2.24, 2.45) is 5.92 Å². The number of pyridine rings is 2. The van der Waals surface area contributed by atoms with Gasteiger partial charge in [-0.2, -0.15) is 14.2 Å². The van der Waals surface area contributed by atoms with Crippen molar-refractivity contribution in [2.45, 2.75) is 32.2 Å². The van der Waals surface area contributed by atoms with Crippen molar-refractivity contribution in [3.63, 3.8) is 0 Å². The number of aromatic nitrogens is 8. The van der Waals surface area contributed by atoms with Gasteiger partial charge in [0, 0.05) is 41.6 Å². The Morgan fingerprint density at radius 1 is 1.12 bits per heavy atom. The number of halogens is 3. The summed E-state index contributed by atoms with van der Waals surface area (Å²) in [5.41, 5.74) is 2.70. The quantitative estimate of drug-likeness (QED) is 0.257. The number of hydrogen-bond donors (Lipinski definition) is 1. The maximum atomic E-state index is 15.2. The van der Waals surface area contributed by atoms with Crippen molar-refractivity contribution >= 4 is 23.3 Å². The van der Waals surface area contributed by atoms with Crippen molar-refractivity contribution < 1.29 is 13.6 Å². The molecule has 0 bridgehead atoms. The van der Waals surface area contributed by atoms with Crippen molar-refractivity contribution in [3.8, 4) is 27.9 Å². The molecule has 1 amide bonds. The Kier molecular flexibility index (Phi) is 6.76. The Balaban J connectivity index is 1.32. The smallest absolute Gasteiger partial charge is 0.222 e. The normalized spacial score (nSPS) is 13.8. The van der Waals surface area contributed by atoms with Crippen LogP contribution in [0.3, 0.4) is 0 Å². The fourth-order valence-corrected chi connectivity index (χ4v) is 4.77. The lowest BCUT2D eigenvalue weighted by Gasteiger charge is -2.18. The van der Waals surface area contributed by atoms with Crippen LogP contribution in [0.15, 0.2) is 61.3 Å². The maximum Gasteiger partial charge on any atom is 0.222 e. The number of benzene rings is 1. The second-order valence-electron chi connectivity index (χ2n) is 9.60. The van der Waals surface area contributed by atoms with Crippen LogP contribution in [0.25, 0.3) is 27.9 Å². The molecule has 5 aromatic rings. The van der Waals surface area contributed by atoms with E-state index in [-0.39, 0.29) is 33.9 Å². The van der Waals surface area contributed by atoms with Crippen LogP contribution >= 0.6 is 11.6 Å². The lowest BCUT2D eigenvalue weighted by atomic mass is 10.0. The fourth-order valence-electron chi connectivity index (χ4n) is 4.61. The zero-order valence-corrected chi connectivity index (χ0v) is 21.9. The van der Waals surface area contributed by atoms with Gasteiger partial charge in [0.1, 0.15) is 12.1 Å². The molecule has 202 valence electrons. The van der Waals surface area contributed by atoms with Gasteiger partial charge in [-0.25, -0.2) is 9.37 Å². The third kappa shape index (κ3) is 5.17. The van der Waals surface area contributed by atoms with Gasteiger partial charge in [-0.3, -0.25) is 14.5 Å². The fraction of sp³-hybridized carbons (Fsp3) is 0.222. The van der Waals surface area contributed by atoms with Crippen LogP contribution in [-0.4, -0.2) is 45.9 Å². The molecule has 1 N–H and O–H groups in total. The van der Waals surface area contributed by atoms with Crippen molar-refractivity contribution in [2.75, 3.05) is 5.32 Å². The van der Waals surface area contributed by atoms with E-state index >= 15 is 4.39 Å². The first-order valence-electron chi connectivity index (χ1n) is 12.5. The van der Waals surface area contributed by atoms with E-state index in [2.05, 4.69) is 35.9 Å². The summed E-state index contributed by atoms with van der Waals surface area (Å²) in [5, 5.41) is 18.1. The van der Waals surface area contributed by atoms with Crippen LogP contribution in [0.1, 0.15) is 37.9 Å². The van der Waals surface area contributed by atoms with Gasteiger partial charge < -0.3 is 5.32 Å². The van der Waals surface area contributed by atoms with E-state index in [1.807, 2.05) is 6.07 Å². The molecule has 0 saturated heterocycles. The zero-order chi connectivity index (χ0) is 27.8. The van der Waals surface area contributed by atoms with E-state index in [9.17, 15) is 9.18 Å². The second-order valence-corrected chi connectivity index (χ2v) is 10.0. The van der Waals surface area contributed by atoms with E-state index < -0.39 is 11.8 Å². The largest absolute Gasteiger partial charge is 0.311 e. The van der Waals surface area contributed by atoms with Gasteiger partial charge in [0.25, 0.3) is 0 Å². The molecule has 13 heteroatoms. The minimum Gasteiger partial charge on any atom is -0.311 e. The molecule has 6 rings (SSSR count). The van der Waals surface area contributed by atoms with E-state index in [1.165, 1.54) is 30.1 Å². The number of tetrazole rings is 1. The number of nitrogens with zero attached hydrogens (tertiary/aromatic N) is 8. The molecule has 1 aliphatic rings. The van der Waals surface area contributed by atoms with Gasteiger partial charge >= 0.3 is 0 Å². The average Bonchev–Trinajstić information content (AvgIpc) is 3.36. The first-order valence-corrected chi connectivity index (χ1v) is 12.9. The predicted molar refractivity (Wildman–Crippen MR) is 143 cm³/mol. The number of amides is 1. The third-order valence-corrected chi connectivity index (χ3v) is 7.02. The molecule has 4 aromatic heterocycles. The van der Waals surface area contributed by atoms with Crippen LogP contribution < -0.4 is 5.32 Å². The average molecular weight is 562 g/mol. The van der Waals surface area contributed by atoms with Crippen LogP contribution in [0.2, 0.25) is 5.02 Å². The summed E-state index contributed by atoms with van der Waals surface area (Å²) in [5.74, 6) is -0.981. The van der Waals surface area contributed by atoms with Crippen LogP contribution in [0.4, 0.5) is 14.6 Å². The molecule has 0 spiro atoms. The molecule has 0 radical (unpaired) electrons. The molecule has 1 unspecified atom stereocenters. The molecule has 1 aliphatic carbocycles. The van der Waals surface area contributed by atoms with E-state index in [1.54, 1.807) is 41.5 Å². The first kappa shape index (κ1) is 25.7. The molecule has 1 aromatic carbocycles. The Morgan fingerprint density at radius 2 is 1.98 bits per heavy atom. The molecule has 0 aliphatic heterocycles. The summed E-state index contributed by atoms with van der Waals surface area (Å²) in [7, 11) is 0. The number of carbonyl (C=O) groups is 1. The summed E-state index contributed by atoms with van der Waals surface area (Å²) in [6.07, 6.45) is 9.34. The van der Waals surface area contributed by atoms with Crippen molar-refractivity contribution in [1.29, 1.82) is 0 Å². The minimum atomic E-state index is -0.714. The van der Waals surface area contributed by atoms with Crippen LogP contribution in [0.5, 0.6) is 0 Å². The number of hydrogen-bond acceptors (Lipinski definition) is 7. The molecule has 1 fully saturated rings. The first-order chi connectivity index (χ1) is 19.4. The monoisotopic (exact) mass is 561 g/mol. The number of nitrogens with one attached hydrogen (secondary N) is 1. The van der Waals surface area contributed by atoms with Gasteiger partial charge in [0.2, 0.25) is 11.9 Å². The lowest BCUT2D eigenvalue weighted by molar-refractivity contribution is -0.114. The van der Waals surface area contributed by atoms with Crippen molar-refractivity contribution in [1.82, 2.24) is 40.0 Å². The molecular formula is C27H22ClF2N9O. The number of rotatable bonds is 8. The Hall–Kier alpha value is -4.58. The van der Waals surface area contributed by atoms with Gasteiger partial charge in [-0.05, 0) is 53.1 Å². The second kappa shape index (κ2) is 10.5. The summed E-state index contributed by atoms with van der Waals surface area (Å²) in [6.45, 7) is 1.33. The van der Waals surface area contributed by atoms with Gasteiger partial charge in [0.15, 0.2) is 5.82 Å². The predicted octanol–water partition coefficient (Wildman–Crippen LogP) is 5.26. The summed E-state index contributed by atoms with van der Waals surface area (Å²) in [4.78, 5) is 19.8. The highest BCUT2D eigenvalue weighted by molar-refractivity contribution is 6.31. The van der Waals surface area contributed by atoms with Crippen LogP contribution in [-0.2, 0) is 4.79 Å². The Morgan fingerprint density at radius 3 is 2.65 bits per heavy atom. The third-order valence-electron chi connectivity index (χ3n) is 6.72. The lowest BCUT2D eigenvalue weighted by Crippen LogP contribution is -2.14.